The second-order valence-electron chi connectivity index (χ2n) is 8.87. The Morgan fingerprint density at radius 1 is 1.16 bits per heavy atom. The number of benzene rings is 1. The van der Waals surface area contributed by atoms with Gasteiger partial charge in [0.2, 0.25) is 11.8 Å². The van der Waals surface area contributed by atoms with Gasteiger partial charge in [-0.05, 0) is 51.3 Å². The Morgan fingerprint density at radius 2 is 1.77 bits per heavy atom. The molecule has 1 aliphatic carbocycles. The van der Waals surface area contributed by atoms with Gasteiger partial charge in [-0.2, -0.15) is 0 Å². The Hall–Kier alpha value is -3.01. The lowest BCUT2D eigenvalue weighted by atomic mass is 9.94. The van der Waals surface area contributed by atoms with E-state index in [4.69, 9.17) is 11.2 Å². The van der Waals surface area contributed by atoms with E-state index in [2.05, 4.69) is 16.6 Å². The summed E-state index contributed by atoms with van der Waals surface area (Å²) in [6.45, 7) is 4.95. The molecule has 1 aromatic carbocycles. The summed E-state index contributed by atoms with van der Waals surface area (Å²) in [6, 6.07) is 6.27. The normalized spacial score (nSPS) is 15.3. The number of hydrogen-bond acceptors (Lipinski definition) is 4. The van der Waals surface area contributed by atoms with Gasteiger partial charge < -0.3 is 20.3 Å². The zero-order valence-electron chi connectivity index (χ0n) is 18.9. The van der Waals surface area contributed by atoms with Crippen molar-refractivity contribution in [2.45, 2.75) is 70.6 Å². The van der Waals surface area contributed by atoms with Gasteiger partial charge in [0.05, 0.1) is 0 Å². The van der Waals surface area contributed by atoms with Crippen LogP contribution in [0.2, 0.25) is 0 Å². The van der Waals surface area contributed by atoms with E-state index in [0.29, 0.717) is 11.1 Å². The van der Waals surface area contributed by atoms with Crippen molar-refractivity contribution in [2.75, 3.05) is 13.6 Å². The average molecular weight is 428 g/mol. The highest BCUT2D eigenvalue weighted by Crippen LogP contribution is 2.23. The van der Waals surface area contributed by atoms with Gasteiger partial charge in [0.25, 0.3) is 0 Å². The second kappa shape index (κ2) is 10.9. The summed E-state index contributed by atoms with van der Waals surface area (Å²) in [4.78, 5) is 39.2. The predicted molar refractivity (Wildman–Crippen MR) is 119 cm³/mol. The van der Waals surface area contributed by atoms with E-state index >= 15 is 0 Å². The highest BCUT2D eigenvalue weighted by atomic mass is 16.6. The van der Waals surface area contributed by atoms with Crippen molar-refractivity contribution in [1.82, 2.24) is 15.5 Å². The van der Waals surface area contributed by atoms with Gasteiger partial charge in [-0.3, -0.25) is 9.59 Å². The molecule has 1 aliphatic rings. The lowest BCUT2D eigenvalue weighted by Crippen LogP contribution is -2.48. The van der Waals surface area contributed by atoms with Crippen LogP contribution in [0, 0.1) is 12.3 Å². The monoisotopic (exact) mass is 427 g/mol. The minimum Gasteiger partial charge on any atom is -0.444 e. The molecule has 1 unspecified atom stereocenters. The minimum atomic E-state index is -0.832. The molecular formula is C24H33N3O4. The molecule has 0 bridgehead atoms. The molecule has 0 spiro atoms. The predicted octanol–water partition coefficient (Wildman–Crippen LogP) is 3.14. The number of rotatable bonds is 6. The van der Waals surface area contributed by atoms with E-state index < -0.39 is 23.6 Å². The Morgan fingerprint density at radius 3 is 2.32 bits per heavy atom. The van der Waals surface area contributed by atoms with Crippen LogP contribution in [0.25, 0.3) is 0 Å². The van der Waals surface area contributed by atoms with Gasteiger partial charge in [0.1, 0.15) is 18.2 Å². The average Bonchev–Trinajstić information content (AvgIpc) is 2.72. The van der Waals surface area contributed by atoms with E-state index in [0.717, 1.165) is 25.7 Å². The number of terminal acetylenes is 1. The number of hydrogen-bond donors (Lipinski definition) is 2. The maximum absolute atomic E-state index is 13.2. The van der Waals surface area contributed by atoms with Crippen molar-refractivity contribution in [2.24, 2.45) is 0 Å². The number of carbonyl (C=O) groups is 3. The summed E-state index contributed by atoms with van der Waals surface area (Å²) in [5.41, 5.74) is 0.677. The molecule has 2 N–H and O–H groups in total. The molecule has 1 aromatic rings. The standard InChI is InChI=1S/C24H33N3O4/c1-6-17-12-14-18(15-13-17)21(22(29)26-19-10-8-7-9-11-19)27(5)20(28)16-25-23(30)31-24(2,3)4/h1,12-15,19,21H,7-11,16H2,2-5H3,(H,25,30)(H,26,29). The Balaban J connectivity index is 2.13. The summed E-state index contributed by atoms with van der Waals surface area (Å²) in [5, 5.41) is 5.55. The summed E-state index contributed by atoms with van der Waals surface area (Å²) < 4.78 is 5.17. The van der Waals surface area contributed by atoms with Crippen LogP contribution in [0.5, 0.6) is 0 Å². The number of ether oxygens (including phenoxy) is 1. The number of carbonyl (C=O) groups excluding carboxylic acids is 3. The van der Waals surface area contributed by atoms with Crippen molar-refractivity contribution >= 4 is 17.9 Å². The van der Waals surface area contributed by atoms with E-state index in [1.54, 1.807) is 52.1 Å². The molecule has 1 saturated carbocycles. The molecule has 1 fully saturated rings. The molecule has 0 saturated heterocycles. The number of nitrogens with zero attached hydrogens (tertiary/aromatic N) is 1. The molecule has 0 aliphatic heterocycles. The van der Waals surface area contributed by atoms with E-state index in [1.807, 2.05) is 0 Å². The lowest BCUT2D eigenvalue weighted by molar-refractivity contribution is -0.139. The summed E-state index contributed by atoms with van der Waals surface area (Å²) in [6.07, 6.45) is 9.97. The fraction of sp³-hybridized carbons (Fsp3) is 0.542. The first kappa shape index (κ1) is 24.3. The Kier molecular flexibility index (Phi) is 8.49. The zero-order valence-corrected chi connectivity index (χ0v) is 18.9. The van der Waals surface area contributed by atoms with Gasteiger partial charge >= 0.3 is 6.09 Å². The summed E-state index contributed by atoms with van der Waals surface area (Å²) in [5.74, 6) is 1.90. The van der Waals surface area contributed by atoms with Gasteiger partial charge in [0.15, 0.2) is 0 Å². The van der Waals surface area contributed by atoms with Crippen LogP contribution in [0.1, 0.15) is 70.0 Å². The van der Waals surface area contributed by atoms with E-state index in [1.165, 1.54) is 11.3 Å². The summed E-state index contributed by atoms with van der Waals surface area (Å²) in [7, 11) is 1.55. The Labute approximate surface area is 184 Å². The molecule has 2 rings (SSSR count). The topological polar surface area (TPSA) is 87.7 Å². The van der Waals surface area contributed by atoms with Crippen LogP contribution in [-0.2, 0) is 14.3 Å². The van der Waals surface area contributed by atoms with Crippen LogP contribution < -0.4 is 10.6 Å². The van der Waals surface area contributed by atoms with E-state index in [-0.39, 0.29) is 18.5 Å². The van der Waals surface area contributed by atoms with Crippen LogP contribution >= 0.6 is 0 Å². The molecule has 0 aromatic heterocycles. The van der Waals surface area contributed by atoms with Crippen LogP contribution in [0.15, 0.2) is 24.3 Å². The van der Waals surface area contributed by atoms with Crippen molar-refractivity contribution < 1.29 is 19.1 Å². The third-order valence-electron chi connectivity index (χ3n) is 5.16. The zero-order chi connectivity index (χ0) is 23.0. The minimum absolute atomic E-state index is 0.108. The fourth-order valence-corrected chi connectivity index (χ4v) is 3.57. The van der Waals surface area contributed by atoms with Gasteiger partial charge in [-0.1, -0.05) is 37.3 Å². The first-order chi connectivity index (χ1) is 14.6. The van der Waals surface area contributed by atoms with Gasteiger partial charge in [-0.15, -0.1) is 6.42 Å². The van der Waals surface area contributed by atoms with Gasteiger partial charge in [-0.25, -0.2) is 4.79 Å². The van der Waals surface area contributed by atoms with Crippen molar-refractivity contribution in [3.63, 3.8) is 0 Å². The maximum atomic E-state index is 13.2. The van der Waals surface area contributed by atoms with E-state index in [9.17, 15) is 14.4 Å². The second-order valence-corrected chi connectivity index (χ2v) is 8.87. The first-order valence-electron chi connectivity index (χ1n) is 10.7. The van der Waals surface area contributed by atoms with Crippen LogP contribution in [0.3, 0.4) is 0 Å². The molecule has 0 heterocycles. The van der Waals surface area contributed by atoms with Crippen molar-refractivity contribution in [3.05, 3.63) is 35.4 Å². The molecule has 168 valence electrons. The third-order valence-corrected chi connectivity index (χ3v) is 5.16. The largest absolute Gasteiger partial charge is 0.444 e. The number of alkyl carbamates (subject to hydrolysis) is 1. The molecular weight excluding hydrogens is 394 g/mol. The maximum Gasteiger partial charge on any atom is 0.408 e. The fourth-order valence-electron chi connectivity index (χ4n) is 3.57. The van der Waals surface area contributed by atoms with Crippen molar-refractivity contribution in [3.8, 4) is 12.3 Å². The number of nitrogens with one attached hydrogen (secondary N) is 2. The third kappa shape index (κ3) is 7.63. The number of amides is 3. The quantitative estimate of drug-likeness (QED) is 0.683. The molecule has 7 nitrogen and oxygen atoms in total. The molecule has 7 heteroatoms. The smallest absolute Gasteiger partial charge is 0.408 e. The molecule has 31 heavy (non-hydrogen) atoms. The first-order valence-corrected chi connectivity index (χ1v) is 10.7. The van der Waals surface area contributed by atoms with Crippen molar-refractivity contribution in [1.29, 1.82) is 0 Å². The SMILES string of the molecule is C#Cc1ccc(C(C(=O)NC2CCCCC2)N(C)C(=O)CNC(=O)OC(C)(C)C)cc1. The molecule has 3 amide bonds. The molecule has 1 atom stereocenters. The molecule has 0 radical (unpaired) electrons. The summed E-state index contributed by atoms with van der Waals surface area (Å²) >= 11 is 0. The van der Waals surface area contributed by atoms with Gasteiger partial charge in [0, 0.05) is 18.7 Å². The Bertz CT molecular complexity index is 815. The highest BCUT2D eigenvalue weighted by Gasteiger charge is 2.30. The number of likely N-dealkylation sites (N-methyl/N-ethyl adjacent to an activating group) is 1. The lowest BCUT2D eigenvalue weighted by Gasteiger charge is -2.31. The highest BCUT2D eigenvalue weighted by molar-refractivity contribution is 5.90. The van der Waals surface area contributed by atoms with Crippen LogP contribution in [0.4, 0.5) is 4.79 Å². The van der Waals surface area contributed by atoms with Crippen LogP contribution in [-0.4, -0.2) is 48.0 Å².